The first kappa shape index (κ1) is 17.2. The van der Waals surface area contributed by atoms with Crippen molar-refractivity contribution < 1.29 is 17.6 Å². The van der Waals surface area contributed by atoms with Gasteiger partial charge in [-0.15, -0.1) is 0 Å². The van der Waals surface area contributed by atoms with Gasteiger partial charge in [0.15, 0.2) is 0 Å². The van der Waals surface area contributed by atoms with Crippen LogP contribution in [-0.2, 0) is 27.9 Å². The number of hydrogen-bond acceptors (Lipinski definition) is 4. The molecule has 2 rings (SSSR count). The third-order valence-corrected chi connectivity index (χ3v) is 4.50. The lowest BCUT2D eigenvalue weighted by molar-refractivity contribution is -0.121. The number of hydrogen-bond donors (Lipinski definition) is 1. The van der Waals surface area contributed by atoms with Crippen molar-refractivity contribution >= 4 is 15.9 Å². The molecule has 1 aromatic carbocycles. The number of nitrogens with one attached hydrogen (secondary N) is 1. The molecule has 0 spiro atoms. The van der Waals surface area contributed by atoms with Crippen LogP contribution in [0, 0.1) is 6.92 Å². The van der Waals surface area contributed by atoms with Gasteiger partial charge < -0.3 is 9.73 Å². The molecule has 0 aliphatic heterocycles. The van der Waals surface area contributed by atoms with E-state index in [-0.39, 0.29) is 25.5 Å². The molecule has 1 N–H and O–H groups in total. The Balaban J connectivity index is 1.98. The summed E-state index contributed by atoms with van der Waals surface area (Å²) >= 11 is 0. The molecule has 0 aliphatic rings. The lowest BCUT2D eigenvalue weighted by Gasteiger charge is -2.19. The molecule has 1 aromatic heterocycles. The molecule has 0 bridgehead atoms. The Kier molecular flexibility index (Phi) is 5.57. The number of aryl methyl sites for hydroxylation is 1. The number of rotatable bonds is 7. The van der Waals surface area contributed by atoms with Crippen molar-refractivity contribution in [2.75, 3.05) is 12.8 Å². The van der Waals surface area contributed by atoms with Gasteiger partial charge in [-0.2, -0.15) is 4.31 Å². The van der Waals surface area contributed by atoms with Gasteiger partial charge in [0.2, 0.25) is 15.9 Å². The fourth-order valence-electron chi connectivity index (χ4n) is 2.00. The fourth-order valence-corrected chi connectivity index (χ4v) is 2.74. The highest BCUT2D eigenvalue weighted by atomic mass is 32.2. The minimum Gasteiger partial charge on any atom is -0.467 e. The molecule has 6 nitrogen and oxygen atoms in total. The van der Waals surface area contributed by atoms with Crippen molar-refractivity contribution in [2.45, 2.75) is 20.0 Å². The number of carbonyl (C=O) groups excluding carboxylic acids is 1. The minimum atomic E-state index is -3.49. The van der Waals surface area contributed by atoms with Crippen molar-refractivity contribution in [1.29, 1.82) is 0 Å². The molecule has 1 amide bonds. The van der Waals surface area contributed by atoms with Crippen LogP contribution in [0.2, 0.25) is 0 Å². The summed E-state index contributed by atoms with van der Waals surface area (Å²) in [5.74, 6) is 0.238. The first-order chi connectivity index (χ1) is 10.8. The zero-order valence-electron chi connectivity index (χ0n) is 13.2. The van der Waals surface area contributed by atoms with Crippen molar-refractivity contribution in [3.63, 3.8) is 0 Å². The average Bonchev–Trinajstić information content (AvgIpc) is 2.99. The highest BCUT2D eigenvalue weighted by Crippen LogP contribution is 2.10. The third kappa shape index (κ3) is 5.54. The Labute approximate surface area is 136 Å². The number of carbonyl (C=O) groups is 1. The highest BCUT2D eigenvalue weighted by Gasteiger charge is 2.20. The SMILES string of the molecule is Cc1ccc(CN(CC(=O)NCc2ccco2)S(C)(=O)=O)cc1. The van der Waals surface area contributed by atoms with Crippen molar-refractivity contribution in [3.8, 4) is 0 Å². The monoisotopic (exact) mass is 336 g/mol. The Morgan fingerprint density at radius 2 is 1.91 bits per heavy atom. The number of amides is 1. The van der Waals surface area contributed by atoms with E-state index < -0.39 is 10.0 Å². The number of sulfonamides is 1. The molecular weight excluding hydrogens is 316 g/mol. The Bertz CT molecular complexity index is 737. The van der Waals surface area contributed by atoms with Gasteiger partial charge in [-0.1, -0.05) is 29.8 Å². The standard InChI is InChI=1S/C16H20N2O4S/c1-13-5-7-14(8-6-13)11-18(23(2,20)21)12-16(19)17-10-15-4-3-9-22-15/h3-9H,10-12H2,1-2H3,(H,17,19). The maximum Gasteiger partial charge on any atom is 0.235 e. The Morgan fingerprint density at radius 3 is 2.48 bits per heavy atom. The zero-order chi connectivity index (χ0) is 16.9. The second-order valence-corrected chi connectivity index (χ2v) is 7.36. The van der Waals surface area contributed by atoms with Crippen LogP contribution in [-0.4, -0.2) is 31.4 Å². The number of benzene rings is 1. The van der Waals surface area contributed by atoms with Crippen molar-refractivity contribution in [3.05, 3.63) is 59.5 Å². The maximum absolute atomic E-state index is 12.0. The number of furan rings is 1. The van der Waals surface area contributed by atoms with Crippen LogP contribution in [0.4, 0.5) is 0 Å². The van der Waals surface area contributed by atoms with Gasteiger partial charge in [-0.25, -0.2) is 8.42 Å². The van der Waals surface area contributed by atoms with Crippen molar-refractivity contribution in [1.82, 2.24) is 9.62 Å². The van der Waals surface area contributed by atoms with Crippen LogP contribution in [0.15, 0.2) is 47.1 Å². The third-order valence-electron chi connectivity index (χ3n) is 3.31. The minimum absolute atomic E-state index is 0.160. The van der Waals surface area contributed by atoms with Crippen LogP contribution in [0.1, 0.15) is 16.9 Å². The van der Waals surface area contributed by atoms with E-state index in [0.717, 1.165) is 21.7 Å². The van der Waals surface area contributed by atoms with E-state index in [0.29, 0.717) is 5.76 Å². The fraction of sp³-hybridized carbons (Fsp3) is 0.312. The zero-order valence-corrected chi connectivity index (χ0v) is 14.0. The predicted octanol–water partition coefficient (Wildman–Crippen LogP) is 1.67. The molecule has 0 saturated carbocycles. The van der Waals surface area contributed by atoms with E-state index >= 15 is 0 Å². The van der Waals surface area contributed by atoms with Gasteiger partial charge in [0, 0.05) is 6.54 Å². The van der Waals surface area contributed by atoms with Crippen molar-refractivity contribution in [2.24, 2.45) is 0 Å². The van der Waals surface area contributed by atoms with Crippen LogP contribution in [0.25, 0.3) is 0 Å². The first-order valence-electron chi connectivity index (χ1n) is 7.14. The quantitative estimate of drug-likeness (QED) is 0.834. The van der Waals surface area contributed by atoms with Gasteiger partial charge >= 0.3 is 0 Å². The summed E-state index contributed by atoms with van der Waals surface area (Å²) in [6.45, 7) is 2.12. The van der Waals surface area contributed by atoms with E-state index in [1.807, 2.05) is 31.2 Å². The van der Waals surface area contributed by atoms with Crippen LogP contribution in [0.3, 0.4) is 0 Å². The topological polar surface area (TPSA) is 79.6 Å². The summed E-state index contributed by atoms with van der Waals surface area (Å²) in [4.78, 5) is 12.0. The summed E-state index contributed by atoms with van der Waals surface area (Å²) in [5.41, 5.74) is 1.93. The summed E-state index contributed by atoms with van der Waals surface area (Å²) < 4.78 is 30.1. The van der Waals surface area contributed by atoms with E-state index in [4.69, 9.17) is 4.42 Å². The second kappa shape index (κ2) is 7.43. The summed E-state index contributed by atoms with van der Waals surface area (Å²) in [6, 6.07) is 11.0. The van der Waals surface area contributed by atoms with E-state index in [9.17, 15) is 13.2 Å². The smallest absolute Gasteiger partial charge is 0.235 e. The van der Waals surface area contributed by atoms with Gasteiger partial charge in [0.1, 0.15) is 5.76 Å². The molecule has 2 aromatic rings. The predicted molar refractivity (Wildman–Crippen MR) is 87.0 cm³/mol. The van der Waals surface area contributed by atoms with Crippen LogP contribution in [0.5, 0.6) is 0 Å². The molecular formula is C16H20N2O4S. The number of nitrogens with zero attached hydrogens (tertiary/aromatic N) is 1. The highest BCUT2D eigenvalue weighted by molar-refractivity contribution is 7.88. The maximum atomic E-state index is 12.0. The normalized spacial score (nSPS) is 11.6. The average molecular weight is 336 g/mol. The summed E-state index contributed by atoms with van der Waals surface area (Å²) in [5, 5.41) is 2.64. The lowest BCUT2D eigenvalue weighted by Crippen LogP contribution is -2.39. The molecule has 1 heterocycles. The van der Waals surface area contributed by atoms with Gasteiger partial charge in [-0.05, 0) is 24.6 Å². The molecule has 0 fully saturated rings. The van der Waals surface area contributed by atoms with E-state index in [1.165, 1.54) is 6.26 Å². The molecule has 0 unspecified atom stereocenters. The molecule has 0 saturated heterocycles. The van der Waals surface area contributed by atoms with Gasteiger partial charge in [-0.3, -0.25) is 4.79 Å². The molecule has 124 valence electrons. The molecule has 0 atom stereocenters. The summed E-state index contributed by atoms with van der Waals surface area (Å²) in [6.07, 6.45) is 2.61. The largest absolute Gasteiger partial charge is 0.467 e. The molecule has 7 heteroatoms. The first-order valence-corrected chi connectivity index (χ1v) is 8.99. The van der Waals surface area contributed by atoms with Crippen LogP contribution < -0.4 is 5.32 Å². The Hall–Kier alpha value is -2.12. The molecule has 0 radical (unpaired) electrons. The summed E-state index contributed by atoms with van der Waals surface area (Å²) in [7, 11) is -3.49. The van der Waals surface area contributed by atoms with Crippen LogP contribution >= 0.6 is 0 Å². The van der Waals surface area contributed by atoms with Gasteiger partial charge in [0.25, 0.3) is 0 Å². The lowest BCUT2D eigenvalue weighted by atomic mass is 10.1. The Morgan fingerprint density at radius 1 is 1.22 bits per heavy atom. The van der Waals surface area contributed by atoms with E-state index in [1.54, 1.807) is 12.1 Å². The van der Waals surface area contributed by atoms with E-state index in [2.05, 4.69) is 5.32 Å². The molecule has 0 aliphatic carbocycles. The molecule has 23 heavy (non-hydrogen) atoms. The van der Waals surface area contributed by atoms with Gasteiger partial charge in [0.05, 0.1) is 25.6 Å². The second-order valence-electron chi connectivity index (χ2n) is 5.37.